The van der Waals surface area contributed by atoms with Gasteiger partial charge in [0.25, 0.3) is 5.91 Å². The van der Waals surface area contributed by atoms with Crippen LogP contribution in [0.5, 0.6) is 0 Å². The zero-order valence-electron chi connectivity index (χ0n) is 12.9. The Morgan fingerprint density at radius 3 is 2.36 bits per heavy atom. The molecule has 0 saturated carbocycles. The zero-order valence-corrected chi connectivity index (χ0v) is 12.9. The Hall–Kier alpha value is -2.63. The number of nitrogens with zero attached hydrogens (tertiary/aromatic N) is 1. The van der Waals surface area contributed by atoms with E-state index in [0.29, 0.717) is 17.7 Å². The monoisotopic (exact) mass is 301 g/mol. The van der Waals surface area contributed by atoms with Gasteiger partial charge >= 0.3 is 0 Å². The normalized spacial score (nSPS) is 10.3. The molecule has 0 atom stereocenters. The van der Waals surface area contributed by atoms with Crippen molar-refractivity contribution in [1.29, 1.82) is 0 Å². The van der Waals surface area contributed by atoms with Gasteiger partial charge in [0.2, 0.25) is 5.91 Å². The Labute approximate surface area is 128 Å². The minimum absolute atomic E-state index is 0.247. The number of benzene rings is 1. The Balaban J connectivity index is 1.80. The predicted molar refractivity (Wildman–Crippen MR) is 81.1 cm³/mol. The minimum atomic E-state index is -0.342. The molecule has 6 heteroatoms. The van der Waals surface area contributed by atoms with E-state index in [1.165, 1.54) is 0 Å². The molecule has 0 aliphatic rings. The summed E-state index contributed by atoms with van der Waals surface area (Å²) in [5.74, 6) is 0.111. The average molecular weight is 301 g/mol. The maximum atomic E-state index is 11.9. The Morgan fingerprint density at radius 2 is 1.77 bits per heavy atom. The SMILES string of the molecule is Cc1ccc(C(=O)NNC(=O)CCc2c(C)noc2C)cc1. The first-order valence-corrected chi connectivity index (χ1v) is 7.05. The largest absolute Gasteiger partial charge is 0.361 e. The molecule has 1 heterocycles. The van der Waals surface area contributed by atoms with E-state index in [1.54, 1.807) is 12.1 Å². The van der Waals surface area contributed by atoms with E-state index in [4.69, 9.17) is 4.52 Å². The standard InChI is InChI=1S/C16H19N3O3/c1-10-4-6-13(7-5-10)16(21)18-17-15(20)9-8-14-11(2)19-22-12(14)3/h4-7H,8-9H2,1-3H3,(H,17,20)(H,18,21). The number of carbonyl (C=O) groups excluding carboxylic acids is 2. The van der Waals surface area contributed by atoms with Gasteiger partial charge in [0.05, 0.1) is 5.69 Å². The highest BCUT2D eigenvalue weighted by Crippen LogP contribution is 2.14. The van der Waals surface area contributed by atoms with Crippen molar-refractivity contribution < 1.29 is 14.1 Å². The van der Waals surface area contributed by atoms with Crippen LogP contribution in [-0.2, 0) is 11.2 Å². The molecule has 22 heavy (non-hydrogen) atoms. The summed E-state index contributed by atoms with van der Waals surface area (Å²) in [6.07, 6.45) is 0.768. The van der Waals surface area contributed by atoms with Crippen LogP contribution in [0.25, 0.3) is 0 Å². The number of hydrogen-bond donors (Lipinski definition) is 2. The van der Waals surface area contributed by atoms with Gasteiger partial charge in [-0.1, -0.05) is 22.9 Å². The summed E-state index contributed by atoms with van der Waals surface area (Å²) in [4.78, 5) is 23.6. The van der Waals surface area contributed by atoms with Crippen LogP contribution in [-0.4, -0.2) is 17.0 Å². The van der Waals surface area contributed by atoms with Gasteiger partial charge in [-0.3, -0.25) is 20.4 Å². The van der Waals surface area contributed by atoms with E-state index >= 15 is 0 Å². The number of aromatic nitrogens is 1. The smallest absolute Gasteiger partial charge is 0.269 e. The number of hydrazine groups is 1. The molecule has 1 aromatic carbocycles. The van der Waals surface area contributed by atoms with E-state index in [9.17, 15) is 9.59 Å². The number of hydrogen-bond acceptors (Lipinski definition) is 4. The van der Waals surface area contributed by atoms with Crippen LogP contribution in [0.3, 0.4) is 0 Å². The fourth-order valence-electron chi connectivity index (χ4n) is 2.06. The summed E-state index contributed by atoms with van der Waals surface area (Å²) < 4.78 is 5.04. The van der Waals surface area contributed by atoms with Crippen LogP contribution in [0, 0.1) is 20.8 Å². The molecule has 0 fully saturated rings. The Morgan fingerprint density at radius 1 is 1.09 bits per heavy atom. The van der Waals surface area contributed by atoms with Gasteiger partial charge in [0, 0.05) is 17.5 Å². The third-order valence-electron chi connectivity index (χ3n) is 3.41. The highest BCUT2D eigenvalue weighted by Gasteiger charge is 2.12. The van der Waals surface area contributed by atoms with Crippen molar-refractivity contribution in [1.82, 2.24) is 16.0 Å². The van der Waals surface area contributed by atoms with Crippen LogP contribution >= 0.6 is 0 Å². The maximum absolute atomic E-state index is 11.9. The summed E-state index contributed by atoms with van der Waals surface area (Å²) in [5, 5.41) is 3.84. The molecule has 2 amide bonds. The van der Waals surface area contributed by atoms with Crippen molar-refractivity contribution in [3.05, 3.63) is 52.4 Å². The molecule has 2 rings (SSSR count). The van der Waals surface area contributed by atoms with Crippen LogP contribution in [0.1, 0.15) is 39.4 Å². The van der Waals surface area contributed by atoms with Gasteiger partial charge in [0.1, 0.15) is 5.76 Å². The Kier molecular flexibility index (Phi) is 4.93. The summed E-state index contributed by atoms with van der Waals surface area (Å²) in [5.41, 5.74) is 8.09. The van der Waals surface area contributed by atoms with E-state index < -0.39 is 0 Å². The van der Waals surface area contributed by atoms with Crippen molar-refractivity contribution in [3.8, 4) is 0 Å². The fraction of sp³-hybridized carbons (Fsp3) is 0.312. The first-order valence-electron chi connectivity index (χ1n) is 7.05. The molecule has 0 aliphatic heterocycles. The lowest BCUT2D eigenvalue weighted by molar-refractivity contribution is -0.121. The first kappa shape index (κ1) is 15.8. The third kappa shape index (κ3) is 3.94. The summed E-state index contributed by atoms with van der Waals surface area (Å²) in [7, 11) is 0. The molecule has 2 aromatic rings. The van der Waals surface area contributed by atoms with Gasteiger partial charge < -0.3 is 4.52 Å². The highest BCUT2D eigenvalue weighted by atomic mass is 16.5. The molecule has 1 aromatic heterocycles. The van der Waals surface area contributed by atoms with Crippen LogP contribution < -0.4 is 10.9 Å². The highest BCUT2D eigenvalue weighted by molar-refractivity contribution is 5.95. The maximum Gasteiger partial charge on any atom is 0.269 e. The van der Waals surface area contributed by atoms with Gasteiger partial charge in [0.15, 0.2) is 0 Å². The van der Waals surface area contributed by atoms with E-state index in [1.807, 2.05) is 32.9 Å². The van der Waals surface area contributed by atoms with Crippen LogP contribution in [0.4, 0.5) is 0 Å². The number of carbonyl (C=O) groups is 2. The van der Waals surface area contributed by atoms with Crippen LogP contribution in [0.15, 0.2) is 28.8 Å². The lowest BCUT2D eigenvalue weighted by Crippen LogP contribution is -2.41. The first-order chi connectivity index (χ1) is 10.5. The quantitative estimate of drug-likeness (QED) is 0.846. The lowest BCUT2D eigenvalue weighted by atomic mass is 10.1. The molecule has 0 aliphatic carbocycles. The third-order valence-corrected chi connectivity index (χ3v) is 3.41. The number of amides is 2. The lowest BCUT2D eigenvalue weighted by Gasteiger charge is -2.07. The van der Waals surface area contributed by atoms with E-state index in [0.717, 1.165) is 16.8 Å². The molecule has 116 valence electrons. The van der Waals surface area contributed by atoms with Crippen molar-refractivity contribution in [2.24, 2.45) is 0 Å². The van der Waals surface area contributed by atoms with E-state index in [-0.39, 0.29) is 18.2 Å². The predicted octanol–water partition coefficient (Wildman–Crippen LogP) is 1.99. The number of aryl methyl sites for hydroxylation is 3. The fourth-order valence-corrected chi connectivity index (χ4v) is 2.06. The van der Waals surface area contributed by atoms with Crippen molar-refractivity contribution in [2.45, 2.75) is 33.6 Å². The molecule has 0 saturated heterocycles. The molecular weight excluding hydrogens is 282 g/mol. The topological polar surface area (TPSA) is 84.2 Å². The minimum Gasteiger partial charge on any atom is -0.361 e. The number of nitrogens with one attached hydrogen (secondary N) is 2. The molecule has 0 spiro atoms. The summed E-state index contributed by atoms with van der Waals surface area (Å²) in [6.45, 7) is 5.59. The number of rotatable bonds is 4. The zero-order chi connectivity index (χ0) is 16.1. The summed E-state index contributed by atoms with van der Waals surface area (Å²) >= 11 is 0. The summed E-state index contributed by atoms with van der Waals surface area (Å²) in [6, 6.07) is 7.10. The average Bonchev–Trinajstić information content (AvgIpc) is 2.82. The van der Waals surface area contributed by atoms with Gasteiger partial charge in [-0.15, -0.1) is 0 Å². The van der Waals surface area contributed by atoms with Gasteiger partial charge in [-0.05, 0) is 39.3 Å². The molecular formula is C16H19N3O3. The molecule has 6 nitrogen and oxygen atoms in total. The van der Waals surface area contributed by atoms with Gasteiger partial charge in [-0.25, -0.2) is 0 Å². The van der Waals surface area contributed by atoms with Crippen molar-refractivity contribution in [2.75, 3.05) is 0 Å². The second-order valence-corrected chi connectivity index (χ2v) is 5.17. The van der Waals surface area contributed by atoms with Crippen molar-refractivity contribution in [3.63, 3.8) is 0 Å². The van der Waals surface area contributed by atoms with Gasteiger partial charge in [-0.2, -0.15) is 0 Å². The molecule has 0 radical (unpaired) electrons. The molecule has 2 N–H and O–H groups in total. The Bertz CT molecular complexity index is 655. The van der Waals surface area contributed by atoms with Crippen molar-refractivity contribution >= 4 is 11.8 Å². The second-order valence-electron chi connectivity index (χ2n) is 5.17. The molecule has 0 unspecified atom stereocenters. The van der Waals surface area contributed by atoms with Crippen LogP contribution in [0.2, 0.25) is 0 Å². The van der Waals surface area contributed by atoms with E-state index in [2.05, 4.69) is 16.0 Å². The second kappa shape index (κ2) is 6.89. The molecule has 0 bridgehead atoms.